The Morgan fingerprint density at radius 2 is 1.92 bits per heavy atom. The number of benzene rings is 2. The van der Waals surface area contributed by atoms with Gasteiger partial charge in [0.25, 0.3) is 0 Å². The molecule has 0 aliphatic carbocycles. The molecule has 2 N–H and O–H groups in total. The molecule has 24 heavy (non-hydrogen) atoms. The minimum atomic E-state index is -0.373. The second-order valence-electron chi connectivity index (χ2n) is 5.99. The van der Waals surface area contributed by atoms with E-state index in [9.17, 15) is 4.79 Å². The molecule has 0 amide bonds. The van der Waals surface area contributed by atoms with Crippen molar-refractivity contribution < 1.29 is 9.53 Å². The first-order valence-corrected chi connectivity index (χ1v) is 8.24. The summed E-state index contributed by atoms with van der Waals surface area (Å²) < 4.78 is 4.96. The fraction of sp³-hybridized carbons (Fsp3) is 0.211. The molecule has 122 valence electrons. The van der Waals surface area contributed by atoms with Crippen LogP contribution in [0, 0.1) is 0 Å². The lowest BCUT2D eigenvalue weighted by Gasteiger charge is -2.30. The average molecular weight is 341 g/mol. The van der Waals surface area contributed by atoms with Crippen molar-refractivity contribution in [3.05, 3.63) is 70.4 Å². The van der Waals surface area contributed by atoms with Crippen LogP contribution in [0.5, 0.6) is 0 Å². The lowest BCUT2D eigenvalue weighted by atomic mass is 9.90. The standard InChI is InChI=1S/C19H17ClN2O2/c1-24-19(23)16-10-14-13-4-2-3-5-15(13)21-18(14)17(22-16)11-6-8-12(20)9-7-11/h2-9,16-17,21-22H,10H2,1H3/t16-,17-/m0/s1. The van der Waals surface area contributed by atoms with Crippen LogP contribution in [0.15, 0.2) is 48.5 Å². The molecule has 2 aromatic carbocycles. The Hall–Kier alpha value is -2.30. The predicted molar refractivity (Wildman–Crippen MR) is 94.2 cm³/mol. The number of fused-ring (bicyclic) bond motifs is 3. The van der Waals surface area contributed by atoms with Gasteiger partial charge in [-0.1, -0.05) is 41.9 Å². The van der Waals surface area contributed by atoms with Gasteiger partial charge in [0, 0.05) is 28.0 Å². The topological polar surface area (TPSA) is 54.1 Å². The molecule has 1 aliphatic rings. The van der Waals surface area contributed by atoms with Crippen molar-refractivity contribution in [2.45, 2.75) is 18.5 Å². The van der Waals surface area contributed by atoms with Crippen molar-refractivity contribution in [2.75, 3.05) is 7.11 Å². The molecule has 0 spiro atoms. The third-order valence-corrected chi connectivity index (χ3v) is 4.85. The van der Waals surface area contributed by atoms with Crippen LogP contribution in [-0.2, 0) is 16.0 Å². The number of esters is 1. The number of nitrogens with one attached hydrogen (secondary N) is 2. The van der Waals surface area contributed by atoms with Gasteiger partial charge in [-0.05, 0) is 29.3 Å². The number of aromatic amines is 1. The van der Waals surface area contributed by atoms with E-state index in [1.54, 1.807) is 0 Å². The van der Waals surface area contributed by atoms with Gasteiger partial charge in [0.1, 0.15) is 6.04 Å². The van der Waals surface area contributed by atoms with Crippen molar-refractivity contribution >= 4 is 28.5 Å². The van der Waals surface area contributed by atoms with Crippen LogP contribution in [0.2, 0.25) is 5.02 Å². The predicted octanol–water partition coefficient (Wildman–Crippen LogP) is 3.60. The number of ether oxygens (including phenoxy) is 1. The summed E-state index contributed by atoms with van der Waals surface area (Å²) in [6.45, 7) is 0. The molecule has 4 rings (SSSR count). The Bertz CT molecular complexity index is 901. The third-order valence-electron chi connectivity index (χ3n) is 4.60. The summed E-state index contributed by atoms with van der Waals surface area (Å²) in [5.74, 6) is -0.245. The van der Waals surface area contributed by atoms with Gasteiger partial charge < -0.3 is 9.72 Å². The number of methoxy groups -OCH3 is 1. The summed E-state index contributed by atoms with van der Waals surface area (Å²) in [7, 11) is 1.42. The summed E-state index contributed by atoms with van der Waals surface area (Å²) in [5.41, 5.74) is 4.40. The monoisotopic (exact) mass is 340 g/mol. The number of rotatable bonds is 2. The zero-order valence-corrected chi connectivity index (χ0v) is 13.9. The minimum Gasteiger partial charge on any atom is -0.468 e. The number of halogens is 1. The van der Waals surface area contributed by atoms with E-state index in [0.717, 1.165) is 22.2 Å². The van der Waals surface area contributed by atoms with Crippen LogP contribution in [0.25, 0.3) is 10.9 Å². The summed E-state index contributed by atoms with van der Waals surface area (Å²) in [6, 6.07) is 15.4. The van der Waals surface area contributed by atoms with E-state index in [2.05, 4.69) is 22.4 Å². The normalized spacial score (nSPS) is 19.9. The molecule has 1 aliphatic heterocycles. The van der Waals surface area contributed by atoms with Gasteiger partial charge >= 0.3 is 5.97 Å². The van der Waals surface area contributed by atoms with Gasteiger partial charge in [0.15, 0.2) is 0 Å². The molecule has 0 saturated heterocycles. The number of hydrogen-bond acceptors (Lipinski definition) is 3. The molecule has 3 aromatic rings. The maximum atomic E-state index is 12.1. The summed E-state index contributed by atoms with van der Waals surface area (Å²) in [6.07, 6.45) is 0.607. The molecule has 0 unspecified atom stereocenters. The van der Waals surface area contributed by atoms with Gasteiger partial charge in [0.05, 0.1) is 13.2 Å². The molecule has 2 heterocycles. The van der Waals surface area contributed by atoms with Gasteiger partial charge in [0.2, 0.25) is 0 Å². The summed E-state index contributed by atoms with van der Waals surface area (Å²) in [5, 5.41) is 5.25. The van der Waals surface area contributed by atoms with Gasteiger partial charge in [-0.25, -0.2) is 0 Å². The quantitative estimate of drug-likeness (QED) is 0.701. The second-order valence-corrected chi connectivity index (χ2v) is 6.43. The van der Waals surface area contributed by atoms with E-state index >= 15 is 0 Å². The maximum Gasteiger partial charge on any atom is 0.323 e. The first-order valence-electron chi connectivity index (χ1n) is 7.86. The van der Waals surface area contributed by atoms with E-state index in [0.29, 0.717) is 11.4 Å². The average Bonchev–Trinajstić information content (AvgIpc) is 2.99. The first kappa shape index (κ1) is 15.2. The molecule has 0 radical (unpaired) electrons. The molecule has 1 aromatic heterocycles. The number of carbonyl (C=O) groups is 1. The lowest BCUT2D eigenvalue weighted by Crippen LogP contribution is -2.45. The van der Waals surface area contributed by atoms with Gasteiger partial charge in [-0.15, -0.1) is 0 Å². The first-order chi connectivity index (χ1) is 11.7. The van der Waals surface area contributed by atoms with Crippen LogP contribution < -0.4 is 5.32 Å². The Labute approximate surface area is 144 Å². The van der Waals surface area contributed by atoms with Crippen LogP contribution in [0.1, 0.15) is 22.9 Å². The molecule has 2 atom stereocenters. The van der Waals surface area contributed by atoms with Crippen molar-refractivity contribution in [1.29, 1.82) is 0 Å². The van der Waals surface area contributed by atoms with E-state index in [-0.39, 0.29) is 18.1 Å². The Balaban J connectivity index is 1.86. The van der Waals surface area contributed by atoms with Crippen molar-refractivity contribution in [2.24, 2.45) is 0 Å². The zero-order valence-electron chi connectivity index (χ0n) is 13.2. The van der Waals surface area contributed by atoms with Crippen molar-refractivity contribution in [1.82, 2.24) is 10.3 Å². The SMILES string of the molecule is COC(=O)[C@@H]1Cc2c([nH]c3ccccc23)[C@H](c2ccc(Cl)cc2)N1. The Morgan fingerprint density at radius 1 is 1.17 bits per heavy atom. The molecule has 5 heteroatoms. The zero-order chi connectivity index (χ0) is 16.7. The molecular weight excluding hydrogens is 324 g/mol. The lowest BCUT2D eigenvalue weighted by molar-refractivity contribution is -0.143. The summed E-state index contributed by atoms with van der Waals surface area (Å²) in [4.78, 5) is 15.7. The Kier molecular flexibility index (Phi) is 3.79. The highest BCUT2D eigenvalue weighted by molar-refractivity contribution is 6.30. The number of para-hydroxylation sites is 1. The van der Waals surface area contributed by atoms with Crippen LogP contribution in [0.4, 0.5) is 0 Å². The molecule has 0 bridgehead atoms. The van der Waals surface area contributed by atoms with E-state index in [1.165, 1.54) is 12.7 Å². The molecule has 0 fully saturated rings. The van der Waals surface area contributed by atoms with Crippen LogP contribution in [-0.4, -0.2) is 24.1 Å². The number of carbonyl (C=O) groups excluding carboxylic acids is 1. The molecule has 4 nitrogen and oxygen atoms in total. The highest BCUT2D eigenvalue weighted by atomic mass is 35.5. The molecular formula is C19H17ClN2O2. The highest BCUT2D eigenvalue weighted by Gasteiger charge is 2.34. The summed E-state index contributed by atoms with van der Waals surface area (Å²) >= 11 is 6.01. The third kappa shape index (κ3) is 2.48. The number of H-pyrrole nitrogens is 1. The van der Waals surface area contributed by atoms with Crippen molar-refractivity contribution in [3.8, 4) is 0 Å². The maximum absolute atomic E-state index is 12.1. The second kappa shape index (κ2) is 5.96. The number of hydrogen-bond donors (Lipinski definition) is 2. The molecule has 0 saturated carbocycles. The minimum absolute atomic E-state index is 0.109. The van der Waals surface area contributed by atoms with E-state index in [1.807, 2.05) is 36.4 Å². The van der Waals surface area contributed by atoms with Gasteiger partial charge in [-0.2, -0.15) is 0 Å². The van der Waals surface area contributed by atoms with Crippen LogP contribution >= 0.6 is 11.6 Å². The highest BCUT2D eigenvalue weighted by Crippen LogP contribution is 2.35. The van der Waals surface area contributed by atoms with Gasteiger partial charge in [-0.3, -0.25) is 10.1 Å². The van der Waals surface area contributed by atoms with Crippen LogP contribution in [0.3, 0.4) is 0 Å². The Morgan fingerprint density at radius 3 is 2.67 bits per heavy atom. The van der Waals surface area contributed by atoms with E-state index in [4.69, 9.17) is 16.3 Å². The van der Waals surface area contributed by atoms with Crippen molar-refractivity contribution in [3.63, 3.8) is 0 Å². The smallest absolute Gasteiger partial charge is 0.323 e. The fourth-order valence-electron chi connectivity index (χ4n) is 3.45. The largest absolute Gasteiger partial charge is 0.468 e. The number of aromatic nitrogens is 1. The van der Waals surface area contributed by atoms with E-state index < -0.39 is 0 Å². The fourth-order valence-corrected chi connectivity index (χ4v) is 3.57.